The maximum Gasteiger partial charge on any atom is 0.267 e. The number of nitrogens with zero attached hydrogens (tertiary/aromatic N) is 2. The zero-order valence-electron chi connectivity index (χ0n) is 14.7. The lowest BCUT2D eigenvalue weighted by atomic mass is 10.2. The third-order valence-electron chi connectivity index (χ3n) is 3.77. The summed E-state index contributed by atoms with van der Waals surface area (Å²) in [7, 11) is 0. The summed E-state index contributed by atoms with van der Waals surface area (Å²) in [4.78, 5) is 17.7. The molecule has 2 rings (SSSR count). The van der Waals surface area contributed by atoms with Gasteiger partial charge >= 0.3 is 0 Å². The molecule has 3 N–H and O–H groups in total. The first-order chi connectivity index (χ1) is 11.5. The summed E-state index contributed by atoms with van der Waals surface area (Å²) in [5.74, 6) is 0.0465. The quantitative estimate of drug-likeness (QED) is 0.282. The third-order valence-corrected chi connectivity index (χ3v) is 4.06. The highest BCUT2D eigenvalue weighted by atomic mass is 35.5. The average Bonchev–Trinajstić information content (AvgIpc) is 3.00. The number of hydrogen-bond donors (Lipinski definition) is 3. The second-order valence-corrected chi connectivity index (χ2v) is 6.49. The number of rotatable bonds is 6. The Morgan fingerprint density at radius 1 is 1.46 bits per heavy atom. The van der Waals surface area contributed by atoms with Crippen LogP contribution in [0.4, 0.5) is 5.82 Å². The summed E-state index contributed by atoms with van der Waals surface area (Å²) < 4.78 is 0. The van der Waals surface area contributed by atoms with Crippen molar-refractivity contribution in [3.8, 4) is 0 Å². The molecule has 1 aliphatic rings. The van der Waals surface area contributed by atoms with Gasteiger partial charge in [0.1, 0.15) is 5.82 Å². The van der Waals surface area contributed by atoms with Crippen LogP contribution in [-0.2, 0) is 4.79 Å². The van der Waals surface area contributed by atoms with Gasteiger partial charge in [-0.25, -0.2) is 10.5 Å². The molecule has 1 saturated heterocycles. The zero-order chi connectivity index (χ0) is 17.5. The van der Waals surface area contributed by atoms with Crippen molar-refractivity contribution >= 4 is 54.2 Å². The number of pyridine rings is 1. The topological polar surface area (TPSA) is 77.5 Å². The summed E-state index contributed by atoms with van der Waals surface area (Å²) >= 11 is 6.26. The molecule has 2 heterocycles. The minimum atomic E-state index is -0.601. The van der Waals surface area contributed by atoms with Gasteiger partial charge in [0.25, 0.3) is 5.91 Å². The van der Waals surface area contributed by atoms with Gasteiger partial charge in [-0.3, -0.25) is 14.9 Å². The molecule has 6 nitrogen and oxygen atoms in total. The van der Waals surface area contributed by atoms with E-state index in [1.807, 2.05) is 0 Å². The summed E-state index contributed by atoms with van der Waals surface area (Å²) in [5.41, 5.74) is 3.54. The van der Waals surface area contributed by atoms with Crippen molar-refractivity contribution in [3.63, 3.8) is 0 Å². The Kier molecular flexibility index (Phi) is 11.5. The second kappa shape index (κ2) is 12.1. The van der Waals surface area contributed by atoms with Crippen LogP contribution in [0.2, 0.25) is 5.02 Å². The van der Waals surface area contributed by atoms with Gasteiger partial charge in [0.05, 0.1) is 5.02 Å². The van der Waals surface area contributed by atoms with Crippen molar-refractivity contribution in [2.24, 2.45) is 0 Å². The molecule has 0 radical (unpaired) electrons. The highest BCUT2D eigenvalue weighted by Gasteiger charge is 2.22. The zero-order valence-corrected chi connectivity index (χ0v) is 17.1. The molecular weight excluding hydrogens is 399 g/mol. The summed E-state index contributed by atoms with van der Waals surface area (Å²) in [6, 6.07) is 2.05. The molecule has 0 unspecified atom stereocenters. The highest BCUT2D eigenvalue weighted by Crippen LogP contribution is 2.23. The number of carbonyl (C=O) groups excluding carboxylic acids is 1. The van der Waals surface area contributed by atoms with Crippen LogP contribution in [0.1, 0.15) is 25.8 Å². The standard InChI is InChI=1S/C17H23ClN4O2.2ClH/c1-12(2)5-7-22-8-6-14(11-22)20-17-15(18)9-13(10-19-17)3-4-16(23)21-24;;/h3-5,9-10,14,24H,6-8,11H2,1-2H3,(H,19,20)(H,21,23);2*1H/b4-3+;;/t14-;;/m1../s1. The van der Waals surface area contributed by atoms with Crippen molar-refractivity contribution in [2.75, 3.05) is 25.0 Å². The lowest BCUT2D eigenvalue weighted by molar-refractivity contribution is -0.124. The molecule has 1 aromatic heterocycles. The van der Waals surface area contributed by atoms with Gasteiger partial charge in [-0.15, -0.1) is 24.8 Å². The van der Waals surface area contributed by atoms with E-state index in [-0.39, 0.29) is 24.8 Å². The minimum Gasteiger partial charge on any atom is -0.365 e. The number of carbonyl (C=O) groups is 1. The maximum absolute atomic E-state index is 11.0. The van der Waals surface area contributed by atoms with Crippen LogP contribution in [0, 0.1) is 0 Å². The number of halogens is 3. The molecule has 1 atom stereocenters. The molecule has 1 fully saturated rings. The molecular formula is C17H25Cl3N4O2. The van der Waals surface area contributed by atoms with Crippen LogP contribution < -0.4 is 10.8 Å². The van der Waals surface area contributed by atoms with Crippen LogP contribution >= 0.6 is 36.4 Å². The number of aromatic nitrogens is 1. The van der Waals surface area contributed by atoms with Gasteiger partial charge < -0.3 is 5.32 Å². The summed E-state index contributed by atoms with van der Waals surface area (Å²) in [5, 5.41) is 12.3. The van der Waals surface area contributed by atoms with Crippen molar-refractivity contribution in [2.45, 2.75) is 26.3 Å². The Labute approximate surface area is 171 Å². The molecule has 0 bridgehead atoms. The fourth-order valence-electron chi connectivity index (χ4n) is 2.48. The van der Waals surface area contributed by atoms with Crippen LogP contribution in [0.3, 0.4) is 0 Å². The van der Waals surface area contributed by atoms with Gasteiger partial charge in [-0.1, -0.05) is 23.3 Å². The van der Waals surface area contributed by atoms with Gasteiger partial charge in [0, 0.05) is 37.9 Å². The molecule has 146 valence electrons. The minimum absolute atomic E-state index is 0. The lowest BCUT2D eigenvalue weighted by Gasteiger charge is -2.16. The Hall–Kier alpha value is -1.31. The predicted molar refractivity (Wildman–Crippen MR) is 111 cm³/mol. The number of likely N-dealkylation sites (tertiary alicyclic amines) is 1. The van der Waals surface area contributed by atoms with E-state index in [1.165, 1.54) is 23.2 Å². The van der Waals surface area contributed by atoms with E-state index in [0.29, 0.717) is 22.4 Å². The third kappa shape index (κ3) is 7.93. The SMILES string of the molecule is CC(C)=CCN1CC[C@@H](Nc2ncc(/C=C/C(=O)NO)cc2Cl)C1.Cl.Cl. The van der Waals surface area contributed by atoms with Crippen LogP contribution in [0.15, 0.2) is 30.0 Å². The molecule has 26 heavy (non-hydrogen) atoms. The smallest absolute Gasteiger partial charge is 0.267 e. The van der Waals surface area contributed by atoms with E-state index in [4.69, 9.17) is 16.8 Å². The van der Waals surface area contributed by atoms with Crippen molar-refractivity contribution < 1.29 is 10.0 Å². The van der Waals surface area contributed by atoms with Crippen molar-refractivity contribution in [3.05, 3.63) is 40.6 Å². The van der Waals surface area contributed by atoms with Gasteiger partial charge in [-0.05, 0) is 38.0 Å². The lowest BCUT2D eigenvalue weighted by Crippen LogP contribution is -2.26. The van der Waals surface area contributed by atoms with Crippen LogP contribution in [0.5, 0.6) is 0 Å². The molecule has 0 spiro atoms. The summed E-state index contributed by atoms with van der Waals surface area (Å²) in [6.07, 6.45) is 7.65. The fraction of sp³-hybridized carbons (Fsp3) is 0.412. The molecule has 0 aliphatic carbocycles. The summed E-state index contributed by atoms with van der Waals surface area (Å²) in [6.45, 7) is 7.19. The Morgan fingerprint density at radius 2 is 2.19 bits per heavy atom. The Balaban J connectivity index is 0.00000312. The van der Waals surface area contributed by atoms with E-state index in [2.05, 4.69) is 35.1 Å². The van der Waals surface area contributed by atoms with E-state index in [0.717, 1.165) is 26.1 Å². The van der Waals surface area contributed by atoms with Crippen LogP contribution in [0.25, 0.3) is 6.08 Å². The van der Waals surface area contributed by atoms with Crippen LogP contribution in [-0.4, -0.2) is 46.7 Å². The number of anilines is 1. The van der Waals surface area contributed by atoms with E-state index in [9.17, 15) is 4.79 Å². The van der Waals surface area contributed by atoms with Gasteiger partial charge in [0.2, 0.25) is 0 Å². The number of hydroxylamine groups is 1. The largest absolute Gasteiger partial charge is 0.365 e. The van der Waals surface area contributed by atoms with E-state index >= 15 is 0 Å². The monoisotopic (exact) mass is 422 g/mol. The molecule has 9 heteroatoms. The van der Waals surface area contributed by atoms with E-state index in [1.54, 1.807) is 12.3 Å². The molecule has 1 amide bonds. The number of amides is 1. The van der Waals surface area contributed by atoms with Gasteiger partial charge in [0.15, 0.2) is 0 Å². The first-order valence-electron chi connectivity index (χ1n) is 7.88. The average molecular weight is 424 g/mol. The Morgan fingerprint density at radius 3 is 2.81 bits per heavy atom. The first-order valence-corrected chi connectivity index (χ1v) is 8.25. The number of nitrogens with one attached hydrogen (secondary N) is 2. The predicted octanol–water partition coefficient (Wildman–Crippen LogP) is 3.55. The normalized spacial score (nSPS) is 16.5. The Bertz CT molecular complexity index is 649. The molecule has 0 aromatic carbocycles. The van der Waals surface area contributed by atoms with Crippen molar-refractivity contribution in [1.29, 1.82) is 0 Å². The first kappa shape index (κ1) is 24.7. The number of hydrogen-bond acceptors (Lipinski definition) is 5. The molecule has 1 aromatic rings. The second-order valence-electron chi connectivity index (χ2n) is 6.08. The van der Waals surface area contributed by atoms with Gasteiger partial charge in [-0.2, -0.15) is 0 Å². The van der Waals surface area contributed by atoms with E-state index < -0.39 is 5.91 Å². The highest BCUT2D eigenvalue weighted by molar-refractivity contribution is 6.33. The van der Waals surface area contributed by atoms with Crippen molar-refractivity contribution in [1.82, 2.24) is 15.4 Å². The maximum atomic E-state index is 11.0. The molecule has 1 aliphatic heterocycles. The number of allylic oxidation sites excluding steroid dienone is 1. The fourth-order valence-corrected chi connectivity index (χ4v) is 2.71. The molecule has 0 saturated carbocycles.